The molecule has 154 valence electrons. The van der Waals surface area contributed by atoms with Gasteiger partial charge in [0.25, 0.3) is 0 Å². The molecular formula is C24H31N3O2. The van der Waals surface area contributed by atoms with Gasteiger partial charge in [0.05, 0.1) is 25.4 Å². The van der Waals surface area contributed by atoms with Gasteiger partial charge in [-0.05, 0) is 41.0 Å². The zero-order chi connectivity index (χ0) is 20.3. The van der Waals surface area contributed by atoms with Gasteiger partial charge in [0.15, 0.2) is 0 Å². The third-order valence-electron chi connectivity index (χ3n) is 6.41. The highest BCUT2D eigenvalue weighted by molar-refractivity contribution is 5.85. The molecule has 0 radical (unpaired) electrons. The van der Waals surface area contributed by atoms with Crippen LogP contribution in [0.1, 0.15) is 32.3 Å². The molecule has 1 aliphatic carbocycles. The maximum absolute atomic E-state index is 6.48. The van der Waals surface area contributed by atoms with Gasteiger partial charge in [-0.25, -0.2) is 4.98 Å². The number of methoxy groups -OCH3 is 1. The number of aromatic nitrogens is 3. The van der Waals surface area contributed by atoms with Crippen molar-refractivity contribution in [2.45, 2.75) is 51.9 Å². The van der Waals surface area contributed by atoms with Crippen molar-refractivity contribution in [1.29, 1.82) is 0 Å². The normalized spacial score (nSPS) is 24.0. The first-order valence-corrected chi connectivity index (χ1v) is 10.5. The fraction of sp³-hybridized carbons (Fsp3) is 0.500. The topological polar surface area (TPSA) is 49.2 Å². The second-order valence-corrected chi connectivity index (χ2v) is 8.76. The van der Waals surface area contributed by atoms with E-state index in [4.69, 9.17) is 9.47 Å². The molecule has 5 nitrogen and oxygen atoms in total. The molecule has 0 N–H and O–H groups in total. The molecular weight excluding hydrogens is 362 g/mol. The summed E-state index contributed by atoms with van der Waals surface area (Å²) in [7, 11) is 1.82. The van der Waals surface area contributed by atoms with Gasteiger partial charge in [-0.1, -0.05) is 56.3 Å². The highest BCUT2D eigenvalue weighted by Gasteiger charge is 2.45. The summed E-state index contributed by atoms with van der Waals surface area (Å²) in [4.78, 5) is 4.10. The smallest absolute Gasteiger partial charge is 0.137 e. The Morgan fingerprint density at radius 1 is 1.14 bits per heavy atom. The predicted octanol–water partition coefficient (Wildman–Crippen LogP) is 4.51. The molecule has 5 heteroatoms. The summed E-state index contributed by atoms with van der Waals surface area (Å²) < 4.78 is 14.4. The number of ether oxygens (including phenoxy) is 2. The Balaban J connectivity index is 1.47. The summed E-state index contributed by atoms with van der Waals surface area (Å²) in [6.07, 6.45) is 6.71. The van der Waals surface area contributed by atoms with E-state index in [1.807, 2.05) is 11.8 Å². The van der Waals surface area contributed by atoms with Crippen molar-refractivity contribution >= 4 is 10.8 Å². The fourth-order valence-electron chi connectivity index (χ4n) is 4.93. The van der Waals surface area contributed by atoms with Crippen LogP contribution in [0.2, 0.25) is 0 Å². The van der Waals surface area contributed by atoms with Crippen LogP contribution < -0.4 is 0 Å². The summed E-state index contributed by atoms with van der Waals surface area (Å²) in [5, 5.41) is 6.92. The Labute approximate surface area is 173 Å². The molecule has 0 bridgehead atoms. The van der Waals surface area contributed by atoms with Gasteiger partial charge in [-0.2, -0.15) is 5.10 Å². The third-order valence-corrected chi connectivity index (χ3v) is 6.41. The molecule has 0 aliphatic heterocycles. The van der Waals surface area contributed by atoms with E-state index in [2.05, 4.69) is 66.4 Å². The van der Waals surface area contributed by atoms with Crippen molar-refractivity contribution in [1.82, 2.24) is 14.8 Å². The van der Waals surface area contributed by atoms with E-state index < -0.39 is 0 Å². The summed E-state index contributed by atoms with van der Waals surface area (Å²) in [6.45, 7) is 6.06. The van der Waals surface area contributed by atoms with Crippen LogP contribution in [0, 0.1) is 11.3 Å². The van der Waals surface area contributed by atoms with Crippen molar-refractivity contribution in [3.05, 3.63) is 60.7 Å². The molecule has 3 unspecified atom stereocenters. The lowest BCUT2D eigenvalue weighted by molar-refractivity contribution is -0.135. The van der Waals surface area contributed by atoms with E-state index in [9.17, 15) is 0 Å². The van der Waals surface area contributed by atoms with Gasteiger partial charge in [-0.15, -0.1) is 0 Å². The molecule has 0 spiro atoms. The maximum Gasteiger partial charge on any atom is 0.137 e. The quantitative estimate of drug-likeness (QED) is 0.593. The Kier molecular flexibility index (Phi) is 5.97. The van der Waals surface area contributed by atoms with Crippen LogP contribution in [0.4, 0.5) is 0 Å². The first-order chi connectivity index (χ1) is 14.1. The molecule has 4 rings (SSSR count). The van der Waals surface area contributed by atoms with Gasteiger partial charge in [0, 0.05) is 13.0 Å². The highest BCUT2D eigenvalue weighted by Crippen LogP contribution is 2.42. The molecule has 3 aromatic rings. The predicted molar refractivity (Wildman–Crippen MR) is 115 cm³/mol. The SMILES string of the molecule is COC1C(Cn2cncn2)C(OCCc2cccc3ccccc23)CCC1(C)C. The Morgan fingerprint density at radius 3 is 2.76 bits per heavy atom. The van der Waals surface area contributed by atoms with Crippen molar-refractivity contribution in [3.8, 4) is 0 Å². The van der Waals surface area contributed by atoms with Crippen molar-refractivity contribution in [2.75, 3.05) is 13.7 Å². The molecule has 0 amide bonds. The first-order valence-electron chi connectivity index (χ1n) is 10.5. The van der Waals surface area contributed by atoms with Crippen LogP contribution in [-0.2, 0) is 22.4 Å². The average Bonchev–Trinajstić information content (AvgIpc) is 3.23. The standard InChI is InChI=1S/C24H31N3O2/c1-24(2)13-11-22(21(23(24)28-3)15-27-17-25-16-26-27)29-14-12-19-9-6-8-18-7-4-5-10-20(18)19/h4-10,16-17,21-23H,11-15H2,1-3H3. The second kappa shape index (κ2) is 8.64. The van der Waals surface area contributed by atoms with Gasteiger partial charge < -0.3 is 9.47 Å². The zero-order valence-corrected chi connectivity index (χ0v) is 17.6. The molecule has 2 aromatic carbocycles. The number of fused-ring (bicyclic) bond motifs is 1. The lowest BCUT2D eigenvalue weighted by Crippen LogP contribution is -2.50. The lowest BCUT2D eigenvalue weighted by atomic mass is 9.68. The van der Waals surface area contributed by atoms with Crippen LogP contribution in [0.15, 0.2) is 55.1 Å². The summed E-state index contributed by atoms with van der Waals surface area (Å²) >= 11 is 0. The van der Waals surface area contributed by atoms with Crippen LogP contribution in [0.25, 0.3) is 10.8 Å². The van der Waals surface area contributed by atoms with Gasteiger partial charge in [0.2, 0.25) is 0 Å². The largest absolute Gasteiger partial charge is 0.380 e. The molecule has 1 aromatic heterocycles. The minimum atomic E-state index is 0.121. The van der Waals surface area contributed by atoms with Gasteiger partial charge in [0.1, 0.15) is 12.7 Å². The molecule has 29 heavy (non-hydrogen) atoms. The van der Waals surface area contributed by atoms with Crippen molar-refractivity contribution in [3.63, 3.8) is 0 Å². The first kappa shape index (κ1) is 20.0. The van der Waals surface area contributed by atoms with Gasteiger partial charge >= 0.3 is 0 Å². The zero-order valence-electron chi connectivity index (χ0n) is 17.6. The number of rotatable bonds is 7. The van der Waals surface area contributed by atoms with E-state index in [-0.39, 0.29) is 23.5 Å². The van der Waals surface area contributed by atoms with Crippen LogP contribution in [-0.4, -0.2) is 40.7 Å². The molecule has 1 aliphatic rings. The van der Waals surface area contributed by atoms with Crippen LogP contribution in [0.5, 0.6) is 0 Å². The number of hydrogen-bond donors (Lipinski definition) is 0. The minimum Gasteiger partial charge on any atom is -0.380 e. The molecule has 1 saturated carbocycles. The monoisotopic (exact) mass is 393 g/mol. The van der Waals surface area contributed by atoms with E-state index in [1.165, 1.54) is 16.3 Å². The molecule has 1 fully saturated rings. The van der Waals surface area contributed by atoms with Crippen LogP contribution >= 0.6 is 0 Å². The third kappa shape index (κ3) is 4.36. The Bertz CT molecular complexity index is 918. The van der Waals surface area contributed by atoms with E-state index >= 15 is 0 Å². The molecule has 0 saturated heterocycles. The Hall–Kier alpha value is -2.24. The van der Waals surface area contributed by atoms with Crippen molar-refractivity contribution < 1.29 is 9.47 Å². The number of hydrogen-bond acceptors (Lipinski definition) is 4. The van der Waals surface area contributed by atoms with E-state index in [1.54, 1.807) is 12.7 Å². The second-order valence-electron chi connectivity index (χ2n) is 8.76. The molecule has 3 atom stereocenters. The average molecular weight is 394 g/mol. The van der Waals surface area contributed by atoms with Crippen LogP contribution in [0.3, 0.4) is 0 Å². The minimum absolute atomic E-state index is 0.121. The summed E-state index contributed by atoms with van der Waals surface area (Å²) in [5.41, 5.74) is 1.46. The van der Waals surface area contributed by atoms with Gasteiger partial charge in [-0.3, -0.25) is 4.68 Å². The lowest BCUT2D eigenvalue weighted by Gasteiger charge is -2.46. The summed E-state index contributed by atoms with van der Waals surface area (Å²) in [5.74, 6) is 0.248. The Morgan fingerprint density at radius 2 is 1.97 bits per heavy atom. The molecule has 1 heterocycles. The van der Waals surface area contributed by atoms with E-state index in [0.717, 1.165) is 25.8 Å². The summed E-state index contributed by atoms with van der Waals surface area (Å²) in [6, 6.07) is 15.1. The number of benzene rings is 2. The van der Waals surface area contributed by atoms with E-state index in [0.29, 0.717) is 6.61 Å². The van der Waals surface area contributed by atoms with Crippen molar-refractivity contribution in [2.24, 2.45) is 11.3 Å². The number of nitrogens with zero attached hydrogens (tertiary/aromatic N) is 3. The maximum atomic E-state index is 6.48. The fourth-order valence-corrected chi connectivity index (χ4v) is 4.93. The highest BCUT2D eigenvalue weighted by atomic mass is 16.5.